The topological polar surface area (TPSA) is 73.3 Å². The lowest BCUT2D eigenvalue weighted by atomic mass is 10.1. The highest BCUT2D eigenvalue weighted by Crippen LogP contribution is 2.33. The van der Waals surface area contributed by atoms with Crippen LogP contribution in [0.5, 0.6) is 11.6 Å². The standard InChI is InChI=1S/C21H18Cl3N3O3/c1-13-2-4-14(5-3-13)18-6-7-21(27-26-18)29-9-8-25-20(28)12-30-19-11-16(23)15(22)10-17(19)24/h2-7,10-11H,8-9,12H2,1H3,(H,25,28). The van der Waals surface area contributed by atoms with E-state index < -0.39 is 0 Å². The fraction of sp³-hybridized carbons (Fsp3) is 0.190. The zero-order chi connectivity index (χ0) is 21.5. The molecular formula is C21H18Cl3N3O3. The second-order valence-corrected chi connectivity index (χ2v) is 7.53. The first-order chi connectivity index (χ1) is 14.4. The molecule has 9 heteroatoms. The molecule has 1 amide bonds. The molecule has 0 aliphatic rings. The van der Waals surface area contributed by atoms with Gasteiger partial charge in [0, 0.05) is 17.7 Å². The molecule has 0 aliphatic heterocycles. The molecule has 1 aromatic heterocycles. The number of rotatable bonds is 8. The number of ether oxygens (including phenoxy) is 2. The molecule has 0 aliphatic carbocycles. The highest BCUT2D eigenvalue weighted by molar-refractivity contribution is 6.43. The molecular weight excluding hydrogens is 449 g/mol. The highest BCUT2D eigenvalue weighted by atomic mass is 35.5. The second kappa shape index (κ2) is 10.5. The zero-order valence-electron chi connectivity index (χ0n) is 16.0. The lowest BCUT2D eigenvalue weighted by Gasteiger charge is -2.10. The number of aromatic nitrogens is 2. The first-order valence-corrected chi connectivity index (χ1v) is 10.1. The van der Waals surface area contributed by atoms with Crippen molar-refractivity contribution in [2.75, 3.05) is 19.8 Å². The Kier molecular flexibility index (Phi) is 7.74. The lowest BCUT2D eigenvalue weighted by Crippen LogP contribution is -2.32. The van der Waals surface area contributed by atoms with E-state index in [0.717, 1.165) is 11.3 Å². The number of hydrogen-bond donors (Lipinski definition) is 1. The normalized spacial score (nSPS) is 10.5. The molecule has 1 N–H and O–H groups in total. The number of hydrogen-bond acceptors (Lipinski definition) is 5. The van der Waals surface area contributed by atoms with E-state index in [1.54, 1.807) is 6.07 Å². The van der Waals surface area contributed by atoms with E-state index in [0.29, 0.717) is 15.9 Å². The van der Waals surface area contributed by atoms with Crippen LogP contribution >= 0.6 is 34.8 Å². The maximum absolute atomic E-state index is 11.9. The number of benzene rings is 2. The van der Waals surface area contributed by atoms with Gasteiger partial charge in [0.25, 0.3) is 5.91 Å². The first kappa shape index (κ1) is 22.2. The second-order valence-electron chi connectivity index (χ2n) is 6.31. The Hall–Kier alpha value is -2.54. The maximum atomic E-state index is 11.9. The van der Waals surface area contributed by atoms with E-state index in [-0.39, 0.29) is 36.4 Å². The van der Waals surface area contributed by atoms with Gasteiger partial charge >= 0.3 is 0 Å². The first-order valence-electron chi connectivity index (χ1n) is 9.00. The average Bonchev–Trinajstić information content (AvgIpc) is 2.74. The van der Waals surface area contributed by atoms with E-state index in [2.05, 4.69) is 15.5 Å². The van der Waals surface area contributed by atoms with Crippen molar-refractivity contribution in [3.05, 3.63) is 69.2 Å². The number of nitrogens with one attached hydrogen (secondary N) is 1. The molecule has 1 heterocycles. The lowest BCUT2D eigenvalue weighted by molar-refractivity contribution is -0.123. The summed E-state index contributed by atoms with van der Waals surface area (Å²) in [4.78, 5) is 11.9. The summed E-state index contributed by atoms with van der Waals surface area (Å²) in [5.41, 5.74) is 2.92. The Bertz CT molecular complexity index is 1010. The van der Waals surface area contributed by atoms with Crippen molar-refractivity contribution >= 4 is 40.7 Å². The van der Waals surface area contributed by atoms with Gasteiger partial charge in [-0.1, -0.05) is 64.6 Å². The van der Waals surface area contributed by atoms with Crippen LogP contribution in [0.25, 0.3) is 11.3 Å². The maximum Gasteiger partial charge on any atom is 0.258 e. The van der Waals surface area contributed by atoms with Crippen molar-refractivity contribution in [1.29, 1.82) is 0 Å². The van der Waals surface area contributed by atoms with Crippen molar-refractivity contribution in [1.82, 2.24) is 15.5 Å². The Balaban J connectivity index is 1.40. The van der Waals surface area contributed by atoms with E-state index in [1.807, 2.05) is 37.3 Å². The molecule has 0 saturated heterocycles. The predicted molar refractivity (Wildman–Crippen MR) is 118 cm³/mol. The third kappa shape index (κ3) is 6.23. The van der Waals surface area contributed by atoms with Gasteiger partial charge in [-0.2, -0.15) is 0 Å². The molecule has 0 fully saturated rings. The van der Waals surface area contributed by atoms with Crippen molar-refractivity contribution in [2.24, 2.45) is 0 Å². The molecule has 0 radical (unpaired) electrons. The third-order valence-electron chi connectivity index (χ3n) is 4.00. The zero-order valence-corrected chi connectivity index (χ0v) is 18.3. The summed E-state index contributed by atoms with van der Waals surface area (Å²) in [5, 5.41) is 11.8. The van der Waals surface area contributed by atoms with Crippen LogP contribution in [0, 0.1) is 6.92 Å². The molecule has 0 bridgehead atoms. The van der Waals surface area contributed by atoms with Gasteiger partial charge in [-0.25, -0.2) is 0 Å². The number of aryl methyl sites for hydroxylation is 1. The van der Waals surface area contributed by atoms with Gasteiger partial charge in [0.05, 0.1) is 27.3 Å². The smallest absolute Gasteiger partial charge is 0.258 e. The van der Waals surface area contributed by atoms with Gasteiger partial charge in [0.2, 0.25) is 5.88 Å². The van der Waals surface area contributed by atoms with Crippen molar-refractivity contribution in [2.45, 2.75) is 6.92 Å². The fourth-order valence-electron chi connectivity index (χ4n) is 2.43. The van der Waals surface area contributed by atoms with E-state index >= 15 is 0 Å². The van der Waals surface area contributed by atoms with E-state index in [1.165, 1.54) is 17.7 Å². The van der Waals surface area contributed by atoms with Crippen molar-refractivity contribution < 1.29 is 14.3 Å². The van der Waals surface area contributed by atoms with Crippen LogP contribution in [0.15, 0.2) is 48.5 Å². The van der Waals surface area contributed by atoms with Crippen molar-refractivity contribution in [3.8, 4) is 22.9 Å². The van der Waals surface area contributed by atoms with Gasteiger partial charge in [-0.15, -0.1) is 10.2 Å². The molecule has 6 nitrogen and oxygen atoms in total. The minimum atomic E-state index is -0.332. The summed E-state index contributed by atoms with van der Waals surface area (Å²) >= 11 is 17.8. The Morgan fingerprint density at radius 3 is 2.37 bits per heavy atom. The number of nitrogens with zero attached hydrogens (tertiary/aromatic N) is 2. The summed E-state index contributed by atoms with van der Waals surface area (Å²) in [5.74, 6) is 0.321. The summed E-state index contributed by atoms with van der Waals surface area (Å²) in [6, 6.07) is 14.5. The molecule has 3 rings (SSSR count). The SMILES string of the molecule is Cc1ccc(-c2ccc(OCCNC(=O)COc3cc(Cl)c(Cl)cc3Cl)nn2)cc1. The van der Waals surface area contributed by atoms with Crippen LogP contribution in [0.3, 0.4) is 0 Å². The Morgan fingerprint density at radius 2 is 1.67 bits per heavy atom. The van der Waals surface area contributed by atoms with Crippen molar-refractivity contribution in [3.63, 3.8) is 0 Å². The molecule has 30 heavy (non-hydrogen) atoms. The van der Waals surface area contributed by atoms with Crippen LogP contribution in [-0.2, 0) is 4.79 Å². The number of amides is 1. The largest absolute Gasteiger partial charge is 0.482 e. The fourth-order valence-corrected chi connectivity index (χ4v) is 3.02. The average molecular weight is 467 g/mol. The minimum absolute atomic E-state index is 0.220. The summed E-state index contributed by atoms with van der Waals surface area (Å²) < 4.78 is 10.9. The van der Waals surface area contributed by atoms with Crippen LogP contribution in [0.2, 0.25) is 15.1 Å². The molecule has 0 unspecified atom stereocenters. The molecule has 2 aromatic carbocycles. The van der Waals surface area contributed by atoms with Gasteiger partial charge in [-0.05, 0) is 19.1 Å². The van der Waals surface area contributed by atoms with Gasteiger partial charge < -0.3 is 14.8 Å². The predicted octanol–water partition coefficient (Wildman–Crippen LogP) is 4.99. The van der Waals surface area contributed by atoms with Gasteiger partial charge in [-0.3, -0.25) is 4.79 Å². The summed E-state index contributed by atoms with van der Waals surface area (Å²) in [6.45, 7) is 2.32. The quantitative estimate of drug-likeness (QED) is 0.374. The minimum Gasteiger partial charge on any atom is -0.482 e. The molecule has 0 spiro atoms. The van der Waals surface area contributed by atoms with Gasteiger partial charge in [0.15, 0.2) is 6.61 Å². The number of halogens is 3. The number of carbonyl (C=O) groups excluding carboxylic acids is 1. The van der Waals surface area contributed by atoms with E-state index in [9.17, 15) is 4.79 Å². The summed E-state index contributed by atoms with van der Waals surface area (Å²) in [6.07, 6.45) is 0. The molecule has 3 aromatic rings. The molecule has 156 valence electrons. The van der Waals surface area contributed by atoms with Gasteiger partial charge in [0.1, 0.15) is 12.4 Å². The van der Waals surface area contributed by atoms with E-state index in [4.69, 9.17) is 44.3 Å². The van der Waals surface area contributed by atoms with Crippen LogP contribution in [0.4, 0.5) is 0 Å². The van der Waals surface area contributed by atoms with Crippen LogP contribution in [0.1, 0.15) is 5.56 Å². The monoisotopic (exact) mass is 465 g/mol. The molecule has 0 atom stereocenters. The third-order valence-corrected chi connectivity index (χ3v) is 5.01. The van der Waals surface area contributed by atoms with Crippen LogP contribution < -0.4 is 14.8 Å². The van der Waals surface area contributed by atoms with Crippen LogP contribution in [-0.4, -0.2) is 35.9 Å². The molecule has 0 saturated carbocycles. The highest BCUT2D eigenvalue weighted by Gasteiger charge is 2.09. The Morgan fingerprint density at radius 1 is 0.933 bits per heavy atom. The Labute approximate surface area is 189 Å². The summed E-state index contributed by atoms with van der Waals surface area (Å²) in [7, 11) is 0. The number of carbonyl (C=O) groups is 1.